The van der Waals surface area contributed by atoms with Crippen LogP contribution in [0.25, 0.3) is 0 Å². The largest absolute Gasteiger partial charge is 0.103 e. The summed E-state index contributed by atoms with van der Waals surface area (Å²) in [5.41, 5.74) is 1.80. The molecule has 0 fully saturated rings. The third kappa shape index (κ3) is 4.33. The maximum atomic E-state index is 3.76. The van der Waals surface area contributed by atoms with Crippen LogP contribution in [0.4, 0.5) is 0 Å². The van der Waals surface area contributed by atoms with Crippen molar-refractivity contribution in [1.29, 1.82) is 0 Å². The van der Waals surface area contributed by atoms with Gasteiger partial charge in [-0.2, -0.15) is 0 Å². The average Bonchev–Trinajstić information content (AvgIpc) is 2.26. The molecule has 0 saturated carbocycles. The Bertz CT molecular complexity index is 354. The second-order valence-corrected chi connectivity index (χ2v) is 6.10. The van der Waals surface area contributed by atoms with Gasteiger partial charge in [-0.25, -0.2) is 0 Å². The topological polar surface area (TPSA) is 0 Å². The molecule has 0 radical (unpaired) electrons. The predicted octanol–water partition coefficient (Wildman–Crippen LogP) is 5.69. The molecule has 18 heavy (non-hydrogen) atoms. The number of rotatable bonds is 4. The van der Waals surface area contributed by atoms with Gasteiger partial charge in [0.1, 0.15) is 0 Å². The molecule has 0 aromatic rings. The van der Waals surface area contributed by atoms with E-state index in [9.17, 15) is 0 Å². The highest BCUT2D eigenvalue weighted by Crippen LogP contribution is 2.39. The van der Waals surface area contributed by atoms with Gasteiger partial charge in [0.25, 0.3) is 0 Å². The molecule has 1 aliphatic rings. The van der Waals surface area contributed by atoms with E-state index in [2.05, 4.69) is 64.7 Å². The summed E-state index contributed by atoms with van der Waals surface area (Å²) in [6.07, 6.45) is 17.0. The maximum Gasteiger partial charge on any atom is -0.00450 e. The number of hydrogen-bond acceptors (Lipinski definition) is 0. The van der Waals surface area contributed by atoms with Gasteiger partial charge < -0.3 is 0 Å². The lowest BCUT2D eigenvalue weighted by atomic mass is 9.70. The highest BCUT2D eigenvalue weighted by atomic mass is 14.3. The second-order valence-electron chi connectivity index (χ2n) is 6.10. The Morgan fingerprint density at radius 3 is 2.83 bits per heavy atom. The summed E-state index contributed by atoms with van der Waals surface area (Å²) in [5, 5.41) is 0. The van der Waals surface area contributed by atoms with Crippen molar-refractivity contribution in [2.24, 2.45) is 17.3 Å². The summed E-state index contributed by atoms with van der Waals surface area (Å²) in [5.74, 6) is 1.23. The molecule has 0 amide bonds. The summed E-state index contributed by atoms with van der Waals surface area (Å²) in [4.78, 5) is 0. The van der Waals surface area contributed by atoms with Crippen LogP contribution in [-0.4, -0.2) is 0 Å². The fourth-order valence-corrected chi connectivity index (χ4v) is 2.57. The molecule has 0 aromatic heterocycles. The van der Waals surface area contributed by atoms with Gasteiger partial charge in [0, 0.05) is 0 Å². The van der Waals surface area contributed by atoms with Crippen molar-refractivity contribution in [3.63, 3.8) is 0 Å². The molecule has 0 aliphatic heterocycles. The lowest BCUT2D eigenvalue weighted by Gasteiger charge is -2.34. The average molecular weight is 244 g/mol. The summed E-state index contributed by atoms with van der Waals surface area (Å²) in [6, 6.07) is 0. The van der Waals surface area contributed by atoms with Crippen LogP contribution in [0.1, 0.15) is 47.0 Å². The van der Waals surface area contributed by atoms with Crippen molar-refractivity contribution >= 4 is 0 Å². The predicted molar refractivity (Wildman–Crippen MR) is 82.5 cm³/mol. The molecular weight excluding hydrogens is 216 g/mol. The minimum absolute atomic E-state index is 0.304. The fourth-order valence-electron chi connectivity index (χ4n) is 2.57. The Balaban J connectivity index is 2.88. The van der Waals surface area contributed by atoms with Gasteiger partial charge in [0.2, 0.25) is 0 Å². The quantitative estimate of drug-likeness (QED) is 0.557. The van der Waals surface area contributed by atoms with Gasteiger partial charge >= 0.3 is 0 Å². The third-order valence-electron chi connectivity index (χ3n) is 4.08. The Kier molecular flexibility index (Phi) is 5.65. The minimum atomic E-state index is 0.304. The Labute approximate surface area is 113 Å². The van der Waals surface area contributed by atoms with Crippen LogP contribution in [0, 0.1) is 17.3 Å². The molecule has 0 spiro atoms. The van der Waals surface area contributed by atoms with Gasteiger partial charge in [-0.15, -0.1) is 6.58 Å². The zero-order valence-corrected chi connectivity index (χ0v) is 12.4. The maximum absolute atomic E-state index is 3.76. The number of hydrogen-bond donors (Lipinski definition) is 0. The van der Waals surface area contributed by atoms with Crippen LogP contribution in [-0.2, 0) is 0 Å². The summed E-state index contributed by atoms with van der Waals surface area (Å²) < 4.78 is 0. The van der Waals surface area contributed by atoms with E-state index in [1.54, 1.807) is 0 Å². The smallest absolute Gasteiger partial charge is 0.00450 e. The van der Waals surface area contributed by atoms with E-state index < -0.39 is 0 Å². The van der Waals surface area contributed by atoms with E-state index >= 15 is 0 Å². The van der Waals surface area contributed by atoms with Crippen LogP contribution >= 0.6 is 0 Å². The summed E-state index contributed by atoms with van der Waals surface area (Å²) in [7, 11) is 0. The van der Waals surface area contributed by atoms with E-state index in [1.165, 1.54) is 12.0 Å². The molecule has 0 heteroatoms. The Morgan fingerprint density at radius 1 is 1.50 bits per heavy atom. The van der Waals surface area contributed by atoms with Gasteiger partial charge in [-0.3, -0.25) is 0 Å². The van der Waals surface area contributed by atoms with E-state index in [0.717, 1.165) is 12.8 Å². The van der Waals surface area contributed by atoms with Crippen LogP contribution < -0.4 is 0 Å². The number of allylic oxidation sites excluding steroid dienone is 7. The molecule has 2 unspecified atom stereocenters. The molecule has 100 valence electrons. The van der Waals surface area contributed by atoms with Gasteiger partial charge in [0.15, 0.2) is 0 Å². The second kappa shape index (κ2) is 6.78. The first kappa shape index (κ1) is 15.0. The molecular formula is C18H28. The lowest BCUT2D eigenvalue weighted by molar-refractivity contribution is 0.255. The van der Waals surface area contributed by atoms with Crippen molar-refractivity contribution in [3.05, 3.63) is 48.6 Å². The highest BCUT2D eigenvalue weighted by Gasteiger charge is 2.28. The molecule has 0 aromatic carbocycles. The molecule has 0 saturated heterocycles. The Hall–Kier alpha value is -1.04. The Morgan fingerprint density at radius 2 is 2.22 bits per heavy atom. The molecule has 0 heterocycles. The normalized spacial score (nSPS) is 29.2. The van der Waals surface area contributed by atoms with Gasteiger partial charge in [0.05, 0.1) is 0 Å². The van der Waals surface area contributed by atoms with Crippen molar-refractivity contribution in [2.75, 3.05) is 0 Å². The third-order valence-corrected chi connectivity index (χ3v) is 4.08. The first-order valence-electron chi connectivity index (χ1n) is 7.10. The van der Waals surface area contributed by atoms with Crippen LogP contribution in [0.3, 0.4) is 0 Å². The molecule has 0 bridgehead atoms. The van der Waals surface area contributed by atoms with E-state index in [1.807, 2.05) is 6.08 Å². The summed E-state index contributed by atoms with van der Waals surface area (Å²) >= 11 is 0. The van der Waals surface area contributed by atoms with Gasteiger partial charge in [-0.05, 0) is 43.4 Å². The molecule has 0 N–H and O–H groups in total. The van der Waals surface area contributed by atoms with Crippen molar-refractivity contribution in [2.45, 2.75) is 47.0 Å². The molecule has 0 nitrogen and oxygen atoms in total. The van der Waals surface area contributed by atoms with E-state index in [4.69, 9.17) is 0 Å². The molecule has 2 atom stereocenters. The standard InChI is InChI=1S/C18H28/c1-6-7-8-11-17-12-9-10-16(4)13-18(5,14-17)15(2)3/h6,8-9,11-13,15,17H,1,7,10,14H2,2-5H3. The zero-order chi connectivity index (χ0) is 13.6. The first-order chi connectivity index (χ1) is 8.48. The van der Waals surface area contributed by atoms with Gasteiger partial charge in [-0.1, -0.05) is 62.8 Å². The minimum Gasteiger partial charge on any atom is -0.103 e. The zero-order valence-electron chi connectivity index (χ0n) is 12.4. The highest BCUT2D eigenvalue weighted by molar-refractivity contribution is 5.17. The first-order valence-corrected chi connectivity index (χ1v) is 7.10. The van der Waals surface area contributed by atoms with E-state index in [-0.39, 0.29) is 0 Å². The monoisotopic (exact) mass is 244 g/mol. The van der Waals surface area contributed by atoms with Crippen LogP contribution in [0.2, 0.25) is 0 Å². The van der Waals surface area contributed by atoms with E-state index in [0.29, 0.717) is 17.3 Å². The van der Waals surface area contributed by atoms with Crippen molar-refractivity contribution < 1.29 is 0 Å². The van der Waals surface area contributed by atoms with Crippen molar-refractivity contribution in [1.82, 2.24) is 0 Å². The fraction of sp³-hybridized carbons (Fsp3) is 0.556. The van der Waals surface area contributed by atoms with Crippen molar-refractivity contribution in [3.8, 4) is 0 Å². The summed E-state index contributed by atoms with van der Waals surface area (Å²) in [6.45, 7) is 13.1. The lowest BCUT2D eigenvalue weighted by Crippen LogP contribution is -2.24. The van der Waals surface area contributed by atoms with Crippen LogP contribution in [0.15, 0.2) is 48.6 Å². The molecule has 1 aliphatic carbocycles. The van der Waals surface area contributed by atoms with Crippen LogP contribution in [0.5, 0.6) is 0 Å². The molecule has 1 rings (SSSR count). The SMILES string of the molecule is C=CCC=CC1C=CCC(C)=CC(C)(C(C)C)C1.